The number of rotatable bonds is 4. The van der Waals surface area contributed by atoms with Crippen LogP contribution in [0, 0.1) is 0 Å². The Labute approximate surface area is 98.4 Å². The van der Waals surface area contributed by atoms with Crippen LogP contribution in [-0.2, 0) is 0 Å². The lowest BCUT2D eigenvalue weighted by molar-refractivity contribution is 0.292. The van der Waals surface area contributed by atoms with E-state index in [0.29, 0.717) is 29.5 Å². The molecule has 0 radical (unpaired) electrons. The summed E-state index contributed by atoms with van der Waals surface area (Å²) in [6.45, 7) is 2.39. The lowest BCUT2D eigenvalue weighted by Crippen LogP contribution is -1.99. The number of benzene rings is 1. The van der Waals surface area contributed by atoms with Gasteiger partial charge in [-0.2, -0.15) is 0 Å². The summed E-state index contributed by atoms with van der Waals surface area (Å²) in [4.78, 5) is 0. The predicted molar refractivity (Wildman–Crippen MR) is 61.9 cm³/mol. The number of para-hydroxylation sites is 1. The second-order valence-corrected chi connectivity index (χ2v) is 3.23. The quantitative estimate of drug-likeness (QED) is 0.812. The highest BCUT2D eigenvalue weighted by Gasteiger charge is 2.15. The molecule has 1 aromatic carbocycles. The van der Waals surface area contributed by atoms with Crippen molar-refractivity contribution in [1.29, 1.82) is 0 Å². The summed E-state index contributed by atoms with van der Waals surface area (Å²) in [5, 5.41) is 7.57. The molecule has 0 aliphatic rings. The molecule has 0 aliphatic heterocycles. The van der Waals surface area contributed by atoms with Gasteiger partial charge in [0.15, 0.2) is 5.75 Å². The van der Waals surface area contributed by atoms with Gasteiger partial charge >= 0.3 is 6.08 Å². The van der Waals surface area contributed by atoms with Crippen LogP contribution in [0.2, 0.25) is 0 Å². The van der Waals surface area contributed by atoms with Gasteiger partial charge in [0.05, 0.1) is 25.0 Å². The first-order valence-corrected chi connectivity index (χ1v) is 5.15. The Bertz CT molecular complexity index is 510. The molecular weight excluding hydrogens is 222 g/mol. The smallest absolute Gasteiger partial charge is 0.414 e. The first kappa shape index (κ1) is 11.3. The number of hydrogen-bond donors (Lipinski definition) is 1. The number of nitrogen functional groups attached to an aromatic ring is 1. The normalized spacial score (nSPS) is 10.2. The molecule has 0 aliphatic carbocycles. The molecule has 0 spiro atoms. The average Bonchev–Trinajstić information content (AvgIpc) is 2.80. The first-order chi connectivity index (χ1) is 8.26. The zero-order valence-electron chi connectivity index (χ0n) is 9.64. The van der Waals surface area contributed by atoms with Crippen molar-refractivity contribution in [1.82, 2.24) is 10.2 Å². The molecule has 0 bridgehead atoms. The van der Waals surface area contributed by atoms with Crippen molar-refractivity contribution >= 4 is 5.69 Å². The zero-order chi connectivity index (χ0) is 12.3. The van der Waals surface area contributed by atoms with Crippen molar-refractivity contribution in [3.05, 3.63) is 18.2 Å². The van der Waals surface area contributed by atoms with Gasteiger partial charge in [-0.05, 0) is 19.1 Å². The van der Waals surface area contributed by atoms with Crippen molar-refractivity contribution in [2.24, 2.45) is 0 Å². The number of aromatic nitrogens is 2. The van der Waals surface area contributed by atoms with E-state index < -0.39 is 0 Å². The maximum Gasteiger partial charge on any atom is 0.414 e. The lowest BCUT2D eigenvalue weighted by Gasteiger charge is -2.09. The molecule has 1 heterocycles. The monoisotopic (exact) mass is 235 g/mol. The SMILES string of the molecule is CCOc1c(N)cccc1-c1nnc(OC)o1. The van der Waals surface area contributed by atoms with Gasteiger partial charge in [-0.1, -0.05) is 11.2 Å². The van der Waals surface area contributed by atoms with Crippen molar-refractivity contribution in [2.45, 2.75) is 6.92 Å². The molecule has 0 fully saturated rings. The second kappa shape index (κ2) is 4.73. The maximum atomic E-state index is 5.84. The van der Waals surface area contributed by atoms with E-state index in [1.54, 1.807) is 18.2 Å². The Morgan fingerprint density at radius 3 is 2.82 bits per heavy atom. The highest BCUT2D eigenvalue weighted by Crippen LogP contribution is 2.34. The Kier molecular flexibility index (Phi) is 3.13. The Morgan fingerprint density at radius 1 is 1.35 bits per heavy atom. The third-order valence-corrected chi connectivity index (χ3v) is 2.15. The van der Waals surface area contributed by atoms with Gasteiger partial charge in [-0.3, -0.25) is 0 Å². The van der Waals surface area contributed by atoms with Gasteiger partial charge in [0.1, 0.15) is 0 Å². The summed E-state index contributed by atoms with van der Waals surface area (Å²) in [6.07, 6.45) is 0.102. The van der Waals surface area contributed by atoms with Crippen LogP contribution < -0.4 is 15.2 Å². The molecule has 2 N–H and O–H groups in total. The van der Waals surface area contributed by atoms with Crippen molar-refractivity contribution in [3.63, 3.8) is 0 Å². The van der Waals surface area contributed by atoms with Gasteiger partial charge in [-0.15, -0.1) is 5.10 Å². The Morgan fingerprint density at radius 2 is 2.18 bits per heavy atom. The van der Waals surface area contributed by atoms with E-state index in [9.17, 15) is 0 Å². The van der Waals surface area contributed by atoms with Gasteiger partial charge in [0, 0.05) is 0 Å². The predicted octanol–water partition coefficient (Wildman–Crippen LogP) is 1.73. The number of nitrogens with two attached hydrogens (primary N) is 1. The molecule has 1 aromatic heterocycles. The molecule has 0 saturated carbocycles. The summed E-state index contributed by atoms with van der Waals surface area (Å²) in [5.74, 6) is 0.860. The molecule has 0 atom stereocenters. The van der Waals surface area contributed by atoms with Crippen LogP contribution in [0.1, 0.15) is 6.92 Å². The summed E-state index contributed by atoms with van der Waals surface area (Å²) < 4.78 is 15.6. The van der Waals surface area contributed by atoms with Crippen LogP contribution in [0.15, 0.2) is 22.6 Å². The number of ether oxygens (including phenoxy) is 2. The van der Waals surface area contributed by atoms with Crippen LogP contribution in [0.3, 0.4) is 0 Å². The molecule has 0 unspecified atom stereocenters. The topological polar surface area (TPSA) is 83.4 Å². The average molecular weight is 235 g/mol. The fourth-order valence-corrected chi connectivity index (χ4v) is 1.43. The lowest BCUT2D eigenvalue weighted by atomic mass is 10.1. The molecule has 6 nitrogen and oxygen atoms in total. The zero-order valence-corrected chi connectivity index (χ0v) is 9.64. The van der Waals surface area contributed by atoms with E-state index in [-0.39, 0.29) is 6.08 Å². The summed E-state index contributed by atoms with van der Waals surface area (Å²) in [6, 6.07) is 5.35. The second-order valence-electron chi connectivity index (χ2n) is 3.23. The van der Waals surface area contributed by atoms with Crippen LogP contribution in [-0.4, -0.2) is 23.9 Å². The number of nitrogens with zero attached hydrogens (tertiary/aromatic N) is 2. The highest BCUT2D eigenvalue weighted by molar-refractivity contribution is 5.72. The van der Waals surface area contributed by atoms with E-state index in [0.717, 1.165) is 0 Å². The third kappa shape index (κ3) is 2.15. The van der Waals surface area contributed by atoms with Crippen molar-refractivity contribution in [2.75, 3.05) is 19.5 Å². The number of anilines is 1. The molecule has 6 heteroatoms. The van der Waals surface area contributed by atoms with E-state index in [1.165, 1.54) is 7.11 Å². The van der Waals surface area contributed by atoms with Gasteiger partial charge in [0.2, 0.25) is 0 Å². The summed E-state index contributed by atoms with van der Waals surface area (Å²) >= 11 is 0. The minimum Gasteiger partial charge on any atom is -0.491 e. The fraction of sp³-hybridized carbons (Fsp3) is 0.273. The van der Waals surface area contributed by atoms with Crippen molar-refractivity contribution < 1.29 is 13.9 Å². The highest BCUT2D eigenvalue weighted by atomic mass is 16.6. The first-order valence-electron chi connectivity index (χ1n) is 5.15. The maximum absolute atomic E-state index is 5.84. The Hall–Kier alpha value is -2.24. The largest absolute Gasteiger partial charge is 0.491 e. The molecule has 17 heavy (non-hydrogen) atoms. The Balaban J connectivity index is 2.46. The molecule has 90 valence electrons. The minimum absolute atomic E-state index is 0.102. The molecule has 2 aromatic rings. The van der Waals surface area contributed by atoms with Crippen LogP contribution in [0.25, 0.3) is 11.5 Å². The van der Waals surface area contributed by atoms with E-state index in [4.69, 9.17) is 19.6 Å². The molecular formula is C11H13N3O3. The summed E-state index contributed by atoms with van der Waals surface area (Å²) in [7, 11) is 1.46. The van der Waals surface area contributed by atoms with E-state index in [2.05, 4.69) is 10.2 Å². The summed E-state index contributed by atoms with van der Waals surface area (Å²) in [5.41, 5.74) is 7.02. The fourth-order valence-electron chi connectivity index (χ4n) is 1.43. The van der Waals surface area contributed by atoms with Crippen LogP contribution in [0.5, 0.6) is 11.8 Å². The van der Waals surface area contributed by atoms with E-state index >= 15 is 0 Å². The molecule has 0 saturated heterocycles. The number of methoxy groups -OCH3 is 1. The molecule has 2 rings (SSSR count). The van der Waals surface area contributed by atoms with Gasteiger partial charge in [0.25, 0.3) is 5.89 Å². The van der Waals surface area contributed by atoms with Crippen LogP contribution in [0.4, 0.5) is 5.69 Å². The third-order valence-electron chi connectivity index (χ3n) is 2.15. The molecule has 0 amide bonds. The standard InChI is InChI=1S/C11H13N3O3/c1-3-16-9-7(5-4-6-8(9)12)10-13-14-11(15-2)17-10/h4-6H,3,12H2,1-2H3. The van der Waals surface area contributed by atoms with Crippen LogP contribution >= 0.6 is 0 Å². The van der Waals surface area contributed by atoms with Gasteiger partial charge in [-0.25, -0.2) is 0 Å². The number of hydrogen-bond acceptors (Lipinski definition) is 6. The van der Waals surface area contributed by atoms with E-state index in [1.807, 2.05) is 6.92 Å². The minimum atomic E-state index is 0.102. The van der Waals surface area contributed by atoms with Crippen molar-refractivity contribution in [3.8, 4) is 23.3 Å². The van der Waals surface area contributed by atoms with Gasteiger partial charge < -0.3 is 19.6 Å².